The van der Waals surface area contributed by atoms with Crippen LogP contribution in [0.2, 0.25) is 0 Å². The number of hydrogen-bond acceptors (Lipinski definition) is 5. The van der Waals surface area contributed by atoms with E-state index in [9.17, 15) is 14.4 Å². The van der Waals surface area contributed by atoms with Crippen molar-refractivity contribution in [2.75, 3.05) is 5.01 Å². The number of anilines is 1. The summed E-state index contributed by atoms with van der Waals surface area (Å²) in [5.41, 5.74) is 7.72. The van der Waals surface area contributed by atoms with Gasteiger partial charge in [-0.1, -0.05) is 12.1 Å². The van der Waals surface area contributed by atoms with Crippen molar-refractivity contribution in [2.45, 2.75) is 40.5 Å². The molecule has 146 valence electrons. The molecule has 1 aromatic carbocycles. The first kappa shape index (κ1) is 19.3. The van der Waals surface area contributed by atoms with E-state index in [1.165, 1.54) is 5.01 Å². The van der Waals surface area contributed by atoms with Gasteiger partial charge in [-0.05, 0) is 51.0 Å². The Hall–Kier alpha value is -3.42. The average Bonchev–Trinajstić information content (AvgIpc) is 3.00. The van der Waals surface area contributed by atoms with Crippen LogP contribution in [0.4, 0.5) is 5.69 Å². The van der Waals surface area contributed by atoms with Crippen molar-refractivity contribution in [3.63, 3.8) is 0 Å². The van der Waals surface area contributed by atoms with Gasteiger partial charge < -0.3 is 4.42 Å². The van der Waals surface area contributed by atoms with Gasteiger partial charge in [0.25, 0.3) is 11.8 Å². The van der Waals surface area contributed by atoms with Gasteiger partial charge in [0.2, 0.25) is 5.91 Å². The number of benzene rings is 1. The van der Waals surface area contributed by atoms with Gasteiger partial charge in [0.1, 0.15) is 17.2 Å². The Morgan fingerprint density at radius 3 is 2.43 bits per heavy atom. The Morgan fingerprint density at radius 2 is 1.75 bits per heavy atom. The highest BCUT2D eigenvalue weighted by Crippen LogP contribution is 2.25. The largest absolute Gasteiger partial charge is 0.466 e. The maximum atomic E-state index is 12.4. The lowest BCUT2D eigenvalue weighted by Crippen LogP contribution is -2.47. The van der Waals surface area contributed by atoms with Crippen molar-refractivity contribution < 1.29 is 18.8 Å². The Bertz CT molecular complexity index is 990. The van der Waals surface area contributed by atoms with E-state index in [2.05, 4.69) is 16.0 Å². The Kier molecular flexibility index (Phi) is 5.30. The van der Waals surface area contributed by atoms with Gasteiger partial charge in [-0.2, -0.15) is 5.10 Å². The minimum absolute atomic E-state index is 0.160. The Labute approximate surface area is 162 Å². The van der Waals surface area contributed by atoms with Crippen molar-refractivity contribution >= 4 is 29.1 Å². The van der Waals surface area contributed by atoms with Crippen LogP contribution in [0.5, 0.6) is 0 Å². The van der Waals surface area contributed by atoms with Crippen LogP contribution in [0.3, 0.4) is 0 Å². The van der Waals surface area contributed by atoms with E-state index in [1.54, 1.807) is 19.9 Å². The van der Waals surface area contributed by atoms with Crippen LogP contribution < -0.4 is 15.9 Å². The number of amides is 3. The second-order valence-electron chi connectivity index (χ2n) is 6.78. The van der Waals surface area contributed by atoms with E-state index in [0.717, 1.165) is 11.1 Å². The van der Waals surface area contributed by atoms with Crippen molar-refractivity contribution in [3.8, 4) is 0 Å². The molecular weight excluding hydrogens is 360 g/mol. The summed E-state index contributed by atoms with van der Waals surface area (Å²) < 4.78 is 5.31. The molecule has 2 heterocycles. The third-order valence-electron chi connectivity index (χ3n) is 4.46. The Balaban J connectivity index is 1.74. The van der Waals surface area contributed by atoms with Crippen LogP contribution in [0.15, 0.2) is 33.8 Å². The van der Waals surface area contributed by atoms with Gasteiger partial charge in [0, 0.05) is 12.8 Å². The number of nitrogens with zero attached hydrogens (tertiary/aromatic N) is 2. The van der Waals surface area contributed by atoms with Crippen molar-refractivity contribution in [1.82, 2.24) is 10.9 Å². The Morgan fingerprint density at radius 1 is 1.04 bits per heavy atom. The van der Waals surface area contributed by atoms with Crippen molar-refractivity contribution in [3.05, 3.63) is 52.5 Å². The number of nitrogens with one attached hydrogen (secondary N) is 2. The molecule has 0 saturated carbocycles. The summed E-state index contributed by atoms with van der Waals surface area (Å²) >= 11 is 0. The fourth-order valence-electron chi connectivity index (χ4n) is 2.96. The second-order valence-corrected chi connectivity index (χ2v) is 6.78. The van der Waals surface area contributed by atoms with Gasteiger partial charge in [-0.25, -0.2) is 5.01 Å². The third kappa shape index (κ3) is 3.95. The molecule has 0 fully saturated rings. The minimum atomic E-state index is -0.561. The molecule has 2 N–H and O–H groups in total. The van der Waals surface area contributed by atoms with Gasteiger partial charge in [0.15, 0.2) is 0 Å². The molecule has 0 unspecified atom stereocenters. The zero-order chi connectivity index (χ0) is 20.4. The van der Waals surface area contributed by atoms with E-state index in [1.807, 2.05) is 32.0 Å². The number of rotatable bonds is 3. The van der Waals surface area contributed by atoms with Gasteiger partial charge in [0.05, 0.1) is 11.3 Å². The molecule has 3 amide bonds. The van der Waals surface area contributed by atoms with Crippen LogP contribution in [-0.2, 0) is 9.59 Å². The quantitative estimate of drug-likeness (QED) is 0.796. The van der Waals surface area contributed by atoms with Gasteiger partial charge in [-0.15, -0.1) is 0 Å². The van der Waals surface area contributed by atoms with Gasteiger partial charge >= 0.3 is 0 Å². The molecule has 1 aliphatic rings. The summed E-state index contributed by atoms with van der Waals surface area (Å²) in [5.74, 6) is -0.159. The number of hydrogen-bond donors (Lipinski definition) is 2. The molecule has 0 saturated heterocycles. The number of aryl methyl sites for hydroxylation is 4. The normalized spacial score (nSPS) is 13.9. The summed E-state index contributed by atoms with van der Waals surface area (Å²) in [6.07, 6.45) is 0.360. The SMILES string of the molecule is Cc1ccc(C)c(N2N=C(C(=O)NNC(=O)c3cc(C)oc3C)CCC2=O)c1. The van der Waals surface area contributed by atoms with Crippen molar-refractivity contribution in [2.24, 2.45) is 5.10 Å². The zero-order valence-corrected chi connectivity index (χ0v) is 16.3. The fraction of sp³-hybridized carbons (Fsp3) is 0.300. The van der Waals surface area contributed by atoms with Crippen LogP contribution in [-0.4, -0.2) is 23.4 Å². The molecule has 2 aromatic rings. The predicted molar refractivity (Wildman–Crippen MR) is 104 cm³/mol. The van der Waals surface area contributed by atoms with E-state index in [-0.39, 0.29) is 24.5 Å². The van der Waals surface area contributed by atoms with Crippen LogP contribution in [0.25, 0.3) is 0 Å². The molecule has 3 rings (SSSR count). The predicted octanol–water partition coefficient (Wildman–Crippen LogP) is 2.46. The maximum absolute atomic E-state index is 12.4. The topological polar surface area (TPSA) is 104 Å². The zero-order valence-electron chi connectivity index (χ0n) is 16.3. The number of carbonyl (C=O) groups excluding carboxylic acids is 3. The highest BCUT2D eigenvalue weighted by Gasteiger charge is 2.27. The summed E-state index contributed by atoms with van der Waals surface area (Å²) in [5, 5.41) is 5.48. The number of hydrazone groups is 1. The third-order valence-corrected chi connectivity index (χ3v) is 4.46. The summed E-state index contributed by atoms with van der Waals surface area (Å²) in [6, 6.07) is 7.29. The summed E-state index contributed by atoms with van der Waals surface area (Å²) in [7, 11) is 0. The molecule has 28 heavy (non-hydrogen) atoms. The second kappa shape index (κ2) is 7.67. The van der Waals surface area contributed by atoms with Crippen LogP contribution in [0, 0.1) is 27.7 Å². The highest BCUT2D eigenvalue weighted by atomic mass is 16.3. The number of furan rings is 1. The summed E-state index contributed by atoms with van der Waals surface area (Å²) in [4.78, 5) is 37.0. The van der Waals surface area contributed by atoms with E-state index < -0.39 is 11.8 Å². The number of hydrazine groups is 1. The molecule has 1 aromatic heterocycles. The minimum Gasteiger partial charge on any atom is -0.466 e. The summed E-state index contributed by atoms with van der Waals surface area (Å²) in [6.45, 7) is 7.20. The molecule has 8 nitrogen and oxygen atoms in total. The monoisotopic (exact) mass is 382 g/mol. The first-order valence-corrected chi connectivity index (χ1v) is 8.91. The molecule has 1 aliphatic heterocycles. The molecule has 0 atom stereocenters. The van der Waals surface area contributed by atoms with Gasteiger partial charge in [-0.3, -0.25) is 25.2 Å². The van der Waals surface area contributed by atoms with E-state index >= 15 is 0 Å². The standard InChI is InChI=1S/C20H22N4O4/c1-11-5-6-12(2)17(9-11)24-18(25)8-7-16(23-24)20(27)22-21-19(26)15-10-13(3)28-14(15)4/h5-6,9-10H,7-8H2,1-4H3,(H,21,26)(H,22,27). The van der Waals surface area contributed by atoms with Crippen LogP contribution in [0.1, 0.15) is 45.8 Å². The molecule has 0 aliphatic carbocycles. The lowest BCUT2D eigenvalue weighted by Gasteiger charge is -2.24. The lowest BCUT2D eigenvalue weighted by atomic mass is 10.1. The van der Waals surface area contributed by atoms with Crippen molar-refractivity contribution in [1.29, 1.82) is 0 Å². The first-order chi connectivity index (χ1) is 13.3. The fourth-order valence-corrected chi connectivity index (χ4v) is 2.96. The maximum Gasteiger partial charge on any atom is 0.285 e. The molecule has 8 heteroatoms. The molecule has 0 bridgehead atoms. The molecule has 0 radical (unpaired) electrons. The van der Waals surface area contributed by atoms with E-state index in [4.69, 9.17) is 4.42 Å². The van der Waals surface area contributed by atoms with E-state index in [0.29, 0.717) is 22.8 Å². The smallest absolute Gasteiger partial charge is 0.285 e. The molecule has 0 spiro atoms. The first-order valence-electron chi connectivity index (χ1n) is 8.91. The number of carbonyl (C=O) groups is 3. The highest BCUT2D eigenvalue weighted by molar-refractivity contribution is 6.40. The van der Waals surface area contributed by atoms with Crippen LogP contribution >= 0.6 is 0 Å². The molecular formula is C20H22N4O4. The lowest BCUT2D eigenvalue weighted by molar-refractivity contribution is -0.119. The average molecular weight is 382 g/mol.